The fourth-order valence-corrected chi connectivity index (χ4v) is 3.58. The van der Waals surface area contributed by atoms with Gasteiger partial charge in [0.25, 0.3) is 0 Å². The molecule has 2 aliphatic rings. The van der Waals surface area contributed by atoms with Crippen LogP contribution in [0.25, 0.3) is 0 Å². The molecule has 1 saturated carbocycles. The van der Waals surface area contributed by atoms with Gasteiger partial charge in [-0.25, -0.2) is 0 Å². The second-order valence-corrected chi connectivity index (χ2v) is 7.46. The monoisotopic (exact) mass is 390 g/mol. The Bertz CT molecular complexity index is 661. The second-order valence-electron chi connectivity index (χ2n) is 7.46. The summed E-state index contributed by atoms with van der Waals surface area (Å²) in [5.41, 5.74) is 1.18. The van der Waals surface area contributed by atoms with Crippen LogP contribution in [0.15, 0.2) is 23.2 Å². The summed E-state index contributed by atoms with van der Waals surface area (Å²) < 4.78 is 16.5. The molecular formula is C21H34N4O3. The van der Waals surface area contributed by atoms with Gasteiger partial charge in [-0.2, -0.15) is 0 Å². The number of morpholine rings is 1. The van der Waals surface area contributed by atoms with Crippen LogP contribution in [0.1, 0.15) is 31.9 Å². The molecule has 1 aliphatic carbocycles. The first kappa shape index (κ1) is 20.7. The van der Waals surface area contributed by atoms with Crippen molar-refractivity contribution in [2.45, 2.75) is 32.4 Å². The van der Waals surface area contributed by atoms with E-state index in [-0.39, 0.29) is 6.04 Å². The van der Waals surface area contributed by atoms with E-state index in [1.165, 1.54) is 12.0 Å². The molecule has 1 heterocycles. The fraction of sp³-hybridized carbons (Fsp3) is 0.667. The standard InChI is InChI=1S/C21H34N4O3/c1-5-22-21(24-17-12-15(17)2)23-14-18(25-8-10-28-11-9-25)16-6-7-19(26-3)20(13-16)27-4/h6-7,13,15,17-18H,5,8-12,14H2,1-4H3,(H2,22,23,24). The second kappa shape index (κ2) is 9.98. The maximum Gasteiger partial charge on any atom is 0.191 e. The smallest absolute Gasteiger partial charge is 0.191 e. The average Bonchev–Trinajstić information content (AvgIpc) is 3.43. The van der Waals surface area contributed by atoms with Crippen molar-refractivity contribution >= 4 is 5.96 Å². The minimum Gasteiger partial charge on any atom is -0.493 e. The van der Waals surface area contributed by atoms with Crippen LogP contribution in [-0.4, -0.2) is 70.5 Å². The van der Waals surface area contributed by atoms with Gasteiger partial charge < -0.3 is 24.8 Å². The van der Waals surface area contributed by atoms with Crippen LogP contribution >= 0.6 is 0 Å². The molecule has 0 amide bonds. The third-order valence-electron chi connectivity index (χ3n) is 5.48. The third kappa shape index (κ3) is 5.29. The Morgan fingerprint density at radius 1 is 1.25 bits per heavy atom. The molecule has 0 bridgehead atoms. The van der Waals surface area contributed by atoms with E-state index >= 15 is 0 Å². The molecule has 28 heavy (non-hydrogen) atoms. The van der Waals surface area contributed by atoms with E-state index in [1.807, 2.05) is 6.07 Å². The Morgan fingerprint density at radius 2 is 1.96 bits per heavy atom. The van der Waals surface area contributed by atoms with Gasteiger partial charge in [0.05, 0.1) is 40.0 Å². The van der Waals surface area contributed by atoms with Crippen molar-refractivity contribution in [2.24, 2.45) is 10.9 Å². The summed E-state index contributed by atoms with van der Waals surface area (Å²) in [6, 6.07) is 6.86. The number of methoxy groups -OCH3 is 2. The summed E-state index contributed by atoms with van der Waals surface area (Å²) in [7, 11) is 3.34. The first-order valence-corrected chi connectivity index (χ1v) is 10.2. The van der Waals surface area contributed by atoms with Gasteiger partial charge in [0.1, 0.15) is 0 Å². The van der Waals surface area contributed by atoms with Gasteiger partial charge in [-0.3, -0.25) is 9.89 Å². The molecule has 0 spiro atoms. The lowest BCUT2D eigenvalue weighted by atomic mass is 10.0. The molecule has 1 saturated heterocycles. The van der Waals surface area contributed by atoms with Gasteiger partial charge in [0.2, 0.25) is 0 Å². The number of guanidine groups is 1. The molecule has 3 atom stereocenters. The van der Waals surface area contributed by atoms with Crippen molar-refractivity contribution in [2.75, 3.05) is 53.6 Å². The van der Waals surface area contributed by atoms with Crippen molar-refractivity contribution in [1.29, 1.82) is 0 Å². The maximum absolute atomic E-state index is 5.56. The lowest BCUT2D eigenvalue weighted by Crippen LogP contribution is -2.42. The van der Waals surface area contributed by atoms with Crippen molar-refractivity contribution in [3.8, 4) is 11.5 Å². The van der Waals surface area contributed by atoms with Crippen molar-refractivity contribution in [1.82, 2.24) is 15.5 Å². The zero-order valence-electron chi connectivity index (χ0n) is 17.5. The number of nitrogens with one attached hydrogen (secondary N) is 2. The molecule has 0 radical (unpaired) electrons. The SMILES string of the molecule is CCNC(=NCC(c1ccc(OC)c(OC)c1)N1CCOCC1)NC1CC1C. The van der Waals surface area contributed by atoms with E-state index < -0.39 is 0 Å². The highest BCUT2D eigenvalue weighted by Crippen LogP contribution is 2.32. The molecule has 3 unspecified atom stereocenters. The van der Waals surface area contributed by atoms with Crippen molar-refractivity contribution < 1.29 is 14.2 Å². The summed E-state index contributed by atoms with van der Waals surface area (Å²) in [6.07, 6.45) is 1.22. The predicted octanol–water partition coefficient (Wildman–Crippen LogP) is 2.04. The Kier molecular flexibility index (Phi) is 7.39. The molecule has 2 N–H and O–H groups in total. The van der Waals surface area contributed by atoms with E-state index in [2.05, 4.69) is 41.5 Å². The largest absolute Gasteiger partial charge is 0.493 e. The van der Waals surface area contributed by atoms with Gasteiger partial charge in [-0.1, -0.05) is 13.0 Å². The van der Waals surface area contributed by atoms with Gasteiger partial charge >= 0.3 is 0 Å². The van der Waals surface area contributed by atoms with Crippen LogP contribution in [-0.2, 0) is 4.74 Å². The van der Waals surface area contributed by atoms with Gasteiger partial charge in [0, 0.05) is 25.7 Å². The molecule has 7 heteroatoms. The Balaban J connectivity index is 1.81. The number of aliphatic imine (C=N–C) groups is 1. The zero-order chi connectivity index (χ0) is 19.9. The normalized spacial score (nSPS) is 23.8. The highest BCUT2D eigenvalue weighted by molar-refractivity contribution is 5.80. The Hall–Kier alpha value is -1.99. The number of benzene rings is 1. The number of nitrogens with zero attached hydrogens (tertiary/aromatic N) is 2. The van der Waals surface area contributed by atoms with Crippen LogP contribution in [0.2, 0.25) is 0 Å². The molecule has 1 aromatic rings. The number of hydrogen-bond acceptors (Lipinski definition) is 5. The molecule has 2 fully saturated rings. The van der Waals surface area contributed by atoms with E-state index in [0.717, 1.165) is 56.2 Å². The Morgan fingerprint density at radius 3 is 2.57 bits per heavy atom. The van der Waals surface area contributed by atoms with E-state index in [1.54, 1.807) is 14.2 Å². The molecule has 156 valence electrons. The van der Waals surface area contributed by atoms with Crippen LogP contribution in [0, 0.1) is 5.92 Å². The first-order chi connectivity index (χ1) is 13.7. The van der Waals surface area contributed by atoms with Gasteiger partial charge in [-0.15, -0.1) is 0 Å². The summed E-state index contributed by atoms with van der Waals surface area (Å²) in [6.45, 7) is 9.20. The van der Waals surface area contributed by atoms with Crippen LogP contribution < -0.4 is 20.1 Å². The summed E-state index contributed by atoms with van der Waals surface area (Å²) in [4.78, 5) is 7.36. The molecular weight excluding hydrogens is 356 g/mol. The lowest BCUT2D eigenvalue weighted by Gasteiger charge is -2.34. The summed E-state index contributed by atoms with van der Waals surface area (Å²) in [5.74, 6) is 3.12. The van der Waals surface area contributed by atoms with Gasteiger partial charge in [0.15, 0.2) is 17.5 Å². The average molecular weight is 391 g/mol. The van der Waals surface area contributed by atoms with E-state index in [0.29, 0.717) is 12.6 Å². The third-order valence-corrected chi connectivity index (χ3v) is 5.48. The first-order valence-electron chi connectivity index (χ1n) is 10.2. The maximum atomic E-state index is 5.56. The predicted molar refractivity (Wildman–Crippen MR) is 111 cm³/mol. The quantitative estimate of drug-likeness (QED) is 0.523. The molecule has 3 rings (SSSR count). The number of rotatable bonds is 8. The molecule has 1 aromatic carbocycles. The minimum absolute atomic E-state index is 0.163. The topological polar surface area (TPSA) is 67.4 Å². The number of ether oxygens (including phenoxy) is 3. The number of hydrogen-bond donors (Lipinski definition) is 2. The highest BCUT2D eigenvalue weighted by atomic mass is 16.5. The van der Waals surface area contributed by atoms with Crippen LogP contribution in [0.4, 0.5) is 0 Å². The fourth-order valence-electron chi connectivity index (χ4n) is 3.58. The van der Waals surface area contributed by atoms with Crippen LogP contribution in [0.3, 0.4) is 0 Å². The summed E-state index contributed by atoms with van der Waals surface area (Å²) >= 11 is 0. The lowest BCUT2D eigenvalue weighted by molar-refractivity contribution is 0.0179. The van der Waals surface area contributed by atoms with Gasteiger partial charge in [-0.05, 0) is 37.0 Å². The van der Waals surface area contributed by atoms with Crippen molar-refractivity contribution in [3.63, 3.8) is 0 Å². The highest BCUT2D eigenvalue weighted by Gasteiger charge is 2.33. The molecule has 0 aromatic heterocycles. The molecule has 1 aliphatic heterocycles. The minimum atomic E-state index is 0.163. The van der Waals surface area contributed by atoms with E-state index in [4.69, 9.17) is 19.2 Å². The van der Waals surface area contributed by atoms with Crippen molar-refractivity contribution in [3.05, 3.63) is 23.8 Å². The zero-order valence-corrected chi connectivity index (χ0v) is 17.5. The Labute approximate surface area is 168 Å². The van der Waals surface area contributed by atoms with Crippen LogP contribution in [0.5, 0.6) is 11.5 Å². The van der Waals surface area contributed by atoms with E-state index in [9.17, 15) is 0 Å². The molecule has 7 nitrogen and oxygen atoms in total. The summed E-state index contributed by atoms with van der Waals surface area (Å²) in [5, 5.41) is 6.92.